The fourth-order valence-electron chi connectivity index (χ4n) is 0. The van der Waals surface area contributed by atoms with Gasteiger partial charge in [0, 0.05) is 20.8 Å². The van der Waals surface area contributed by atoms with E-state index in [1.165, 1.54) is 0 Å². The van der Waals surface area contributed by atoms with Crippen molar-refractivity contribution >= 4 is 17.9 Å². The van der Waals surface area contributed by atoms with E-state index < -0.39 is 17.9 Å². The molecule has 0 atom stereocenters. The van der Waals surface area contributed by atoms with Crippen LogP contribution in [0, 0.1) is 0 Å². The van der Waals surface area contributed by atoms with E-state index in [1.807, 2.05) is 0 Å². The van der Waals surface area contributed by atoms with Gasteiger partial charge >= 0.3 is 0 Å². The lowest BCUT2D eigenvalue weighted by molar-refractivity contribution is -0.135. The number of carboxylic acid groups (broad SMARTS) is 3. The van der Waals surface area contributed by atoms with Gasteiger partial charge < -0.3 is 31.7 Å². The molecule has 96 valence electrons. The largest absolute Gasteiger partial charge is 0.481 e. The van der Waals surface area contributed by atoms with E-state index in [-0.39, 0.29) is 16.4 Å². The molecule has 0 saturated heterocycles. The molecule has 0 aromatic rings. The van der Waals surface area contributed by atoms with Crippen molar-refractivity contribution in [2.75, 3.05) is 0 Å². The van der Waals surface area contributed by atoms with Gasteiger partial charge in [0.05, 0.1) is 0 Å². The monoisotopic (exact) mass is 234 g/mol. The molecule has 0 heterocycles. The molecule has 9 nitrogen and oxygen atoms in total. The minimum absolute atomic E-state index is 0. The van der Waals surface area contributed by atoms with E-state index in [2.05, 4.69) is 0 Å². The maximum atomic E-state index is 9.00. The Morgan fingerprint density at radius 3 is 0.600 bits per heavy atom. The van der Waals surface area contributed by atoms with Crippen LogP contribution in [-0.2, 0) is 14.4 Å². The van der Waals surface area contributed by atoms with E-state index in [1.54, 1.807) is 0 Å². The summed E-state index contributed by atoms with van der Waals surface area (Å²) >= 11 is 0. The summed E-state index contributed by atoms with van der Waals surface area (Å²) in [6, 6.07) is 0. The zero-order valence-electron chi connectivity index (χ0n) is 8.57. The number of hydrogen-bond acceptors (Lipinski definition) is 3. The van der Waals surface area contributed by atoms with Gasteiger partial charge in [-0.1, -0.05) is 0 Å². The van der Waals surface area contributed by atoms with E-state index in [9.17, 15) is 0 Å². The van der Waals surface area contributed by atoms with Gasteiger partial charge in [-0.25, -0.2) is 0 Å². The molecular formula is C6H18O9. The third kappa shape index (κ3) is 445. The summed E-state index contributed by atoms with van der Waals surface area (Å²) in [5, 5.41) is 22.2. The van der Waals surface area contributed by atoms with Crippen LogP contribution in [0.3, 0.4) is 0 Å². The van der Waals surface area contributed by atoms with Crippen LogP contribution in [0.15, 0.2) is 0 Å². The Kier molecular flexibility index (Phi) is 74.2. The number of carbonyl (C=O) groups is 3. The summed E-state index contributed by atoms with van der Waals surface area (Å²) in [6.07, 6.45) is 0. The van der Waals surface area contributed by atoms with E-state index in [0.717, 1.165) is 20.8 Å². The van der Waals surface area contributed by atoms with Gasteiger partial charge in [0.2, 0.25) is 0 Å². The van der Waals surface area contributed by atoms with Gasteiger partial charge in [-0.2, -0.15) is 0 Å². The highest BCUT2D eigenvalue weighted by molar-refractivity contribution is 5.63. The first-order valence-electron chi connectivity index (χ1n) is 2.78. The first-order chi connectivity index (χ1) is 5.20. The van der Waals surface area contributed by atoms with Crippen molar-refractivity contribution in [3.63, 3.8) is 0 Å². The van der Waals surface area contributed by atoms with Crippen molar-refractivity contribution in [3.8, 4) is 0 Å². The summed E-state index contributed by atoms with van der Waals surface area (Å²) in [4.78, 5) is 27.0. The summed E-state index contributed by atoms with van der Waals surface area (Å²) < 4.78 is 0. The zero-order chi connectivity index (χ0) is 10.7. The van der Waals surface area contributed by atoms with Gasteiger partial charge in [0.1, 0.15) is 0 Å². The quantitative estimate of drug-likeness (QED) is 0.423. The van der Waals surface area contributed by atoms with Crippen molar-refractivity contribution in [2.24, 2.45) is 0 Å². The lowest BCUT2D eigenvalue weighted by Gasteiger charge is -1.59. The number of hydrogen-bond donors (Lipinski definition) is 3. The van der Waals surface area contributed by atoms with Crippen LogP contribution in [0.25, 0.3) is 0 Å². The highest BCUT2D eigenvalue weighted by Crippen LogP contribution is 1.42. The molecule has 0 spiro atoms. The minimum atomic E-state index is -0.833. The van der Waals surface area contributed by atoms with Gasteiger partial charge in [0.15, 0.2) is 0 Å². The average molecular weight is 234 g/mol. The molecule has 15 heavy (non-hydrogen) atoms. The third-order valence-electron chi connectivity index (χ3n) is 0. The van der Waals surface area contributed by atoms with Crippen LogP contribution in [0.5, 0.6) is 0 Å². The maximum absolute atomic E-state index is 9.00. The molecule has 0 amide bonds. The first-order valence-corrected chi connectivity index (χ1v) is 2.78. The lowest BCUT2D eigenvalue weighted by atomic mass is 10.9. The van der Waals surface area contributed by atoms with Crippen LogP contribution in [0.1, 0.15) is 20.8 Å². The summed E-state index contributed by atoms with van der Waals surface area (Å²) in [6.45, 7) is 3.25. The summed E-state index contributed by atoms with van der Waals surface area (Å²) in [5.74, 6) is -2.50. The van der Waals surface area contributed by atoms with Gasteiger partial charge in [-0.05, 0) is 0 Å². The summed E-state index contributed by atoms with van der Waals surface area (Å²) in [7, 11) is 0. The molecule has 0 unspecified atom stereocenters. The number of carboxylic acids is 3. The Morgan fingerprint density at radius 1 is 0.600 bits per heavy atom. The molecule has 0 radical (unpaired) electrons. The zero-order valence-corrected chi connectivity index (χ0v) is 8.57. The van der Waals surface area contributed by atoms with Gasteiger partial charge in [-0.3, -0.25) is 14.4 Å². The number of aliphatic carboxylic acids is 3. The third-order valence-corrected chi connectivity index (χ3v) is 0. The van der Waals surface area contributed by atoms with Crippen molar-refractivity contribution < 1.29 is 46.1 Å². The maximum Gasteiger partial charge on any atom is 0.300 e. The molecule has 0 aromatic carbocycles. The van der Waals surface area contributed by atoms with Crippen molar-refractivity contribution in [3.05, 3.63) is 0 Å². The highest BCUT2D eigenvalue weighted by Gasteiger charge is 1.66. The second-order valence-corrected chi connectivity index (χ2v) is 1.56. The fourth-order valence-corrected chi connectivity index (χ4v) is 0. The Morgan fingerprint density at radius 2 is 0.600 bits per heavy atom. The van der Waals surface area contributed by atoms with Gasteiger partial charge in [-0.15, -0.1) is 0 Å². The normalized spacial score (nSPS) is 5.00. The van der Waals surface area contributed by atoms with Crippen LogP contribution < -0.4 is 0 Å². The smallest absolute Gasteiger partial charge is 0.300 e. The van der Waals surface area contributed by atoms with E-state index >= 15 is 0 Å². The molecule has 0 bridgehead atoms. The van der Waals surface area contributed by atoms with Gasteiger partial charge in [0.25, 0.3) is 17.9 Å². The molecule has 0 fully saturated rings. The van der Waals surface area contributed by atoms with Crippen LogP contribution in [0.2, 0.25) is 0 Å². The Labute approximate surface area is 85.9 Å². The SMILES string of the molecule is CC(=O)O.CC(=O)O.CC(=O)O.O.O.O. The second kappa shape index (κ2) is 29.5. The predicted octanol–water partition coefficient (Wildman–Crippen LogP) is -2.20. The minimum Gasteiger partial charge on any atom is -0.481 e. The molecule has 0 aliphatic heterocycles. The van der Waals surface area contributed by atoms with Crippen LogP contribution in [0.4, 0.5) is 0 Å². The molecular weight excluding hydrogens is 216 g/mol. The summed E-state index contributed by atoms with van der Waals surface area (Å²) in [5.41, 5.74) is 0. The molecule has 0 aromatic heterocycles. The molecule has 9 heteroatoms. The standard InChI is InChI=1S/3C2H4O2.3H2O/c3*1-2(3)4;;;/h3*1H3,(H,3,4);3*1H2. The Hall–Kier alpha value is -1.71. The first kappa shape index (κ1) is 37.8. The van der Waals surface area contributed by atoms with E-state index in [4.69, 9.17) is 29.7 Å². The Bertz CT molecular complexity index is 112. The number of rotatable bonds is 0. The predicted molar refractivity (Wildman–Crippen MR) is 50.8 cm³/mol. The highest BCUT2D eigenvalue weighted by atomic mass is 16.4. The van der Waals surface area contributed by atoms with Crippen molar-refractivity contribution in [1.29, 1.82) is 0 Å². The molecule has 0 aliphatic rings. The Balaban J connectivity index is -0.0000000184. The molecule has 0 saturated carbocycles. The topological polar surface area (TPSA) is 206 Å². The van der Waals surface area contributed by atoms with Crippen LogP contribution in [-0.4, -0.2) is 49.7 Å². The molecule has 9 N–H and O–H groups in total. The van der Waals surface area contributed by atoms with Crippen molar-refractivity contribution in [1.82, 2.24) is 0 Å². The second-order valence-electron chi connectivity index (χ2n) is 1.56. The fraction of sp³-hybridized carbons (Fsp3) is 0.500. The average Bonchev–Trinajstić information content (AvgIpc) is 1.54. The molecule has 0 rings (SSSR count). The lowest BCUT2D eigenvalue weighted by Crippen LogP contribution is -1.78. The van der Waals surface area contributed by atoms with E-state index in [0.29, 0.717) is 0 Å². The van der Waals surface area contributed by atoms with Crippen molar-refractivity contribution in [2.45, 2.75) is 20.8 Å². The molecule has 0 aliphatic carbocycles. The van der Waals surface area contributed by atoms with Crippen LogP contribution >= 0.6 is 0 Å².